The predicted octanol–water partition coefficient (Wildman–Crippen LogP) is 9.89. The summed E-state index contributed by atoms with van der Waals surface area (Å²) in [6, 6.07) is 0. The summed E-state index contributed by atoms with van der Waals surface area (Å²) in [5, 5.41) is 20.0. The van der Waals surface area contributed by atoms with Gasteiger partial charge in [-0.15, -0.1) is 0 Å². The van der Waals surface area contributed by atoms with Crippen LogP contribution in [0.5, 0.6) is 0 Å². The number of hydrogen-bond acceptors (Lipinski definition) is 11. The molecule has 0 heterocycles. The number of carbonyl (C=O) groups is 2. The highest BCUT2D eigenvalue weighted by molar-refractivity contribution is 7.47. The SMILES string of the molecule is CCCCC/C=C\C/C=C\C/C=C\C=C\[C@@H](O)CCCC(=O)OC[C@H](COP(=O)(O)OC[C@@H](O)COP(=O)(O)O)OC(=O)CCCCCCCCCCCCCC(C)C. The molecule has 1 unspecified atom stereocenters. The zero-order valence-electron chi connectivity index (χ0n) is 36.1. The summed E-state index contributed by atoms with van der Waals surface area (Å²) in [5.41, 5.74) is 0. The van der Waals surface area contributed by atoms with E-state index in [2.05, 4.69) is 54.1 Å². The van der Waals surface area contributed by atoms with Crippen LogP contribution in [0.3, 0.4) is 0 Å². The molecule has 0 bridgehead atoms. The van der Waals surface area contributed by atoms with E-state index in [1.165, 1.54) is 64.2 Å². The van der Waals surface area contributed by atoms with E-state index in [9.17, 15) is 33.8 Å². The molecule has 5 N–H and O–H groups in total. The second-order valence-electron chi connectivity index (χ2n) is 15.3. The van der Waals surface area contributed by atoms with Gasteiger partial charge in [-0.05, 0) is 50.9 Å². The third kappa shape index (κ3) is 42.5. The molecule has 0 saturated carbocycles. The monoisotopic (exact) mass is 880 g/mol. The van der Waals surface area contributed by atoms with Crippen LogP contribution in [0.2, 0.25) is 0 Å². The van der Waals surface area contributed by atoms with Crippen molar-refractivity contribution in [3.8, 4) is 0 Å². The Morgan fingerprint density at radius 2 is 1.15 bits per heavy atom. The number of phosphoric acid groups is 2. The molecule has 0 aliphatic carbocycles. The summed E-state index contributed by atoms with van der Waals surface area (Å²) < 4.78 is 47.6. The van der Waals surface area contributed by atoms with E-state index in [1.54, 1.807) is 12.2 Å². The van der Waals surface area contributed by atoms with Crippen molar-refractivity contribution in [1.82, 2.24) is 0 Å². The Morgan fingerprint density at radius 3 is 1.78 bits per heavy atom. The van der Waals surface area contributed by atoms with Gasteiger partial charge in [0.05, 0.1) is 25.9 Å². The molecule has 0 radical (unpaired) electrons. The molecule has 0 saturated heterocycles. The van der Waals surface area contributed by atoms with Gasteiger partial charge in [-0.2, -0.15) is 0 Å². The van der Waals surface area contributed by atoms with Crippen LogP contribution in [0.15, 0.2) is 48.6 Å². The van der Waals surface area contributed by atoms with Gasteiger partial charge < -0.3 is 34.4 Å². The van der Waals surface area contributed by atoms with Gasteiger partial charge in [0.1, 0.15) is 12.7 Å². The fourth-order valence-electron chi connectivity index (χ4n) is 5.64. The quantitative estimate of drug-likeness (QED) is 0.0127. The lowest BCUT2D eigenvalue weighted by Crippen LogP contribution is -2.30. The van der Waals surface area contributed by atoms with Crippen LogP contribution < -0.4 is 0 Å². The smallest absolute Gasteiger partial charge is 0.462 e. The van der Waals surface area contributed by atoms with Gasteiger partial charge in [0.15, 0.2) is 6.10 Å². The lowest BCUT2D eigenvalue weighted by Gasteiger charge is -2.20. The van der Waals surface area contributed by atoms with E-state index >= 15 is 0 Å². The van der Waals surface area contributed by atoms with Gasteiger partial charge in [0.2, 0.25) is 0 Å². The third-order valence-corrected chi connectivity index (χ3v) is 10.4. The molecule has 0 aliphatic heterocycles. The molecule has 14 nitrogen and oxygen atoms in total. The topological polar surface area (TPSA) is 216 Å². The molecule has 0 fully saturated rings. The maximum atomic E-state index is 12.7. The first-order valence-electron chi connectivity index (χ1n) is 21.8. The summed E-state index contributed by atoms with van der Waals surface area (Å²) in [6.07, 6.45) is 32.9. The first-order valence-corrected chi connectivity index (χ1v) is 24.8. The minimum absolute atomic E-state index is 0.0332. The zero-order chi connectivity index (χ0) is 44.0. The Kier molecular flexibility index (Phi) is 36.5. The lowest BCUT2D eigenvalue weighted by molar-refractivity contribution is -0.161. The highest BCUT2D eigenvalue weighted by atomic mass is 31.2. The maximum Gasteiger partial charge on any atom is 0.472 e. The van der Waals surface area contributed by atoms with Crippen LogP contribution >= 0.6 is 15.6 Å². The maximum absolute atomic E-state index is 12.7. The minimum Gasteiger partial charge on any atom is -0.462 e. The molecule has 59 heavy (non-hydrogen) atoms. The van der Waals surface area contributed by atoms with E-state index < -0.39 is 72.3 Å². The first kappa shape index (κ1) is 57.0. The second kappa shape index (κ2) is 37.8. The Morgan fingerprint density at radius 1 is 0.593 bits per heavy atom. The lowest BCUT2D eigenvalue weighted by atomic mass is 10.0. The number of hydrogen-bond donors (Lipinski definition) is 5. The Labute approximate surface area is 354 Å². The summed E-state index contributed by atoms with van der Waals surface area (Å²) in [4.78, 5) is 52.7. The predicted molar refractivity (Wildman–Crippen MR) is 231 cm³/mol. The molecule has 0 aromatic heterocycles. The molecule has 0 aromatic carbocycles. The van der Waals surface area contributed by atoms with Crippen LogP contribution in [-0.4, -0.2) is 81.6 Å². The van der Waals surface area contributed by atoms with Crippen molar-refractivity contribution in [2.75, 3.05) is 26.4 Å². The standard InChI is InChI=1S/C43H78O14P2/c1-4-5-6-7-8-9-10-11-14-17-20-23-26-30-39(44)31-28-33-42(46)53-36-41(37-56-59(51,52)55-35-40(45)34-54-58(48,49)50)57-43(47)32-27-24-21-18-15-12-13-16-19-22-25-29-38(2)3/h8-9,11,14,20,23,26,30,38-41,44-45H,4-7,10,12-13,15-19,21-22,24-25,27-29,31-37H2,1-3H3,(H,51,52)(H2,48,49,50)/b9-8-,14-11-,23-20-,30-26+/t39-,40+,41-/m1/s1. The fraction of sp³-hybridized carbons (Fsp3) is 0.767. The van der Waals surface area contributed by atoms with E-state index in [-0.39, 0.29) is 12.8 Å². The minimum atomic E-state index is -4.88. The van der Waals surface area contributed by atoms with Gasteiger partial charge in [-0.3, -0.25) is 23.2 Å². The number of phosphoric ester groups is 2. The molecule has 0 aromatic rings. The van der Waals surface area contributed by atoms with Crippen molar-refractivity contribution in [1.29, 1.82) is 0 Å². The van der Waals surface area contributed by atoms with Crippen LogP contribution in [0.4, 0.5) is 0 Å². The number of carbonyl (C=O) groups excluding carboxylic acids is 2. The second-order valence-corrected chi connectivity index (χ2v) is 18.0. The molecule has 0 rings (SSSR count). The highest BCUT2D eigenvalue weighted by Gasteiger charge is 2.28. The van der Waals surface area contributed by atoms with Crippen molar-refractivity contribution in [2.45, 2.75) is 180 Å². The van der Waals surface area contributed by atoms with Gasteiger partial charge in [-0.25, -0.2) is 9.13 Å². The summed E-state index contributed by atoms with van der Waals surface area (Å²) >= 11 is 0. The molecule has 0 amide bonds. The average Bonchev–Trinajstić information content (AvgIpc) is 3.17. The highest BCUT2D eigenvalue weighted by Crippen LogP contribution is 2.43. The number of rotatable bonds is 40. The Bertz CT molecular complexity index is 1260. The van der Waals surface area contributed by atoms with Crippen LogP contribution in [0.1, 0.15) is 162 Å². The summed E-state index contributed by atoms with van der Waals surface area (Å²) in [6.45, 7) is 3.81. The van der Waals surface area contributed by atoms with Crippen molar-refractivity contribution in [2.24, 2.45) is 5.92 Å². The van der Waals surface area contributed by atoms with Crippen molar-refractivity contribution < 1.29 is 66.7 Å². The number of ether oxygens (including phenoxy) is 2. The van der Waals surface area contributed by atoms with Crippen LogP contribution in [0, 0.1) is 5.92 Å². The number of aliphatic hydroxyl groups excluding tert-OH is 2. The van der Waals surface area contributed by atoms with Crippen LogP contribution in [-0.2, 0) is 41.8 Å². The summed E-state index contributed by atoms with van der Waals surface area (Å²) in [7, 11) is -9.73. The van der Waals surface area contributed by atoms with Gasteiger partial charge in [0.25, 0.3) is 0 Å². The van der Waals surface area contributed by atoms with E-state index in [4.69, 9.17) is 23.8 Å². The molecule has 0 aliphatic rings. The largest absolute Gasteiger partial charge is 0.472 e. The molecular weight excluding hydrogens is 802 g/mol. The number of allylic oxidation sites excluding steroid dienone is 7. The van der Waals surface area contributed by atoms with Crippen molar-refractivity contribution >= 4 is 27.6 Å². The zero-order valence-corrected chi connectivity index (χ0v) is 37.9. The third-order valence-electron chi connectivity index (χ3n) is 8.99. The molecular formula is C43H78O14P2. The van der Waals surface area contributed by atoms with E-state index in [0.717, 1.165) is 50.9 Å². The van der Waals surface area contributed by atoms with E-state index in [0.29, 0.717) is 19.3 Å². The first-order chi connectivity index (χ1) is 28.1. The number of esters is 2. The van der Waals surface area contributed by atoms with E-state index in [1.807, 2.05) is 12.2 Å². The van der Waals surface area contributed by atoms with Crippen molar-refractivity contribution in [3.63, 3.8) is 0 Å². The van der Waals surface area contributed by atoms with Gasteiger partial charge in [0, 0.05) is 12.8 Å². The van der Waals surface area contributed by atoms with Gasteiger partial charge >= 0.3 is 27.6 Å². The molecule has 0 spiro atoms. The molecule has 4 atom stereocenters. The van der Waals surface area contributed by atoms with Crippen molar-refractivity contribution in [3.05, 3.63) is 48.6 Å². The number of aliphatic hydroxyl groups is 2. The molecule has 16 heteroatoms. The van der Waals surface area contributed by atoms with Gasteiger partial charge in [-0.1, -0.05) is 153 Å². The number of unbranched alkanes of at least 4 members (excludes halogenated alkanes) is 13. The average molecular weight is 881 g/mol. The Hall–Kier alpha value is -1.96. The molecule has 344 valence electrons. The Balaban J connectivity index is 4.70. The fourth-order valence-corrected chi connectivity index (χ4v) is 6.79. The normalized spacial score (nSPS) is 15.1. The van der Waals surface area contributed by atoms with Crippen LogP contribution in [0.25, 0.3) is 0 Å². The summed E-state index contributed by atoms with van der Waals surface area (Å²) in [5.74, 6) is -0.463.